The third kappa shape index (κ3) is 2.56. The maximum absolute atomic E-state index is 11.9. The summed E-state index contributed by atoms with van der Waals surface area (Å²) in [6, 6.07) is 10.9. The highest BCUT2D eigenvalue weighted by Crippen LogP contribution is 2.22. The van der Waals surface area contributed by atoms with Gasteiger partial charge in [-0.2, -0.15) is 0 Å². The number of hydrogen-bond acceptors (Lipinski definition) is 2. The molecule has 0 radical (unpaired) electrons. The van der Waals surface area contributed by atoms with E-state index in [0.29, 0.717) is 10.0 Å². The lowest BCUT2D eigenvalue weighted by Gasteiger charge is -2.00. The van der Waals surface area contributed by atoms with Gasteiger partial charge in [-0.25, -0.2) is 4.79 Å². The molecule has 0 bridgehead atoms. The Morgan fingerprint density at radius 3 is 2.45 bits per heavy atom. The first-order valence-corrected chi connectivity index (χ1v) is 7.37. The molecule has 1 aromatic heterocycles. The average molecular weight is 334 g/mol. The zero-order valence-electron chi connectivity index (χ0n) is 12.0. The van der Waals surface area contributed by atoms with Gasteiger partial charge in [-0.15, -0.1) is 0 Å². The van der Waals surface area contributed by atoms with E-state index in [1.165, 1.54) is 0 Å². The summed E-state index contributed by atoms with van der Waals surface area (Å²) in [5.41, 5.74) is 3.19. The third-order valence-corrected chi connectivity index (χ3v) is 4.13. The zero-order valence-corrected chi connectivity index (χ0v) is 13.6. The Hall–Kier alpha value is -2.04. The minimum atomic E-state index is -0.0584. The average Bonchev–Trinajstić information content (AvgIpc) is 2.71. The lowest BCUT2D eigenvalue weighted by atomic mass is 10.2. The highest BCUT2D eigenvalue weighted by atomic mass is 35.5. The van der Waals surface area contributed by atoms with E-state index in [4.69, 9.17) is 23.2 Å². The van der Waals surface area contributed by atoms with E-state index < -0.39 is 0 Å². The summed E-state index contributed by atoms with van der Waals surface area (Å²) < 4.78 is 3.21. The molecular formula is C16H13Cl2N3O. The third-order valence-electron chi connectivity index (χ3n) is 3.57. The van der Waals surface area contributed by atoms with Crippen molar-refractivity contribution in [3.05, 3.63) is 62.5 Å². The molecular weight excluding hydrogens is 321 g/mol. The fraction of sp³-hybridized carbons (Fsp3) is 0.125. The SMILES string of the molecule is Cn1c(=O)n(C)c2cc(N=Cc3ccc(Cl)cc3Cl)ccc21. The lowest BCUT2D eigenvalue weighted by molar-refractivity contribution is 0.795. The quantitative estimate of drug-likeness (QED) is 0.655. The van der Waals surface area contributed by atoms with Crippen molar-refractivity contribution in [2.45, 2.75) is 0 Å². The van der Waals surface area contributed by atoms with Crippen LogP contribution in [0.4, 0.5) is 5.69 Å². The summed E-state index contributed by atoms with van der Waals surface area (Å²) in [5.74, 6) is 0. The van der Waals surface area contributed by atoms with E-state index in [1.54, 1.807) is 41.6 Å². The number of aliphatic imine (C=N–C) groups is 1. The van der Waals surface area contributed by atoms with E-state index >= 15 is 0 Å². The molecule has 0 aliphatic rings. The van der Waals surface area contributed by atoms with Crippen LogP contribution in [-0.4, -0.2) is 15.3 Å². The highest BCUT2D eigenvalue weighted by molar-refractivity contribution is 6.36. The predicted octanol–water partition coefficient (Wildman–Crippen LogP) is 3.93. The molecule has 3 aromatic rings. The van der Waals surface area contributed by atoms with Gasteiger partial charge in [0.1, 0.15) is 0 Å². The van der Waals surface area contributed by atoms with E-state index in [2.05, 4.69) is 4.99 Å². The number of nitrogens with zero attached hydrogens (tertiary/aromatic N) is 3. The summed E-state index contributed by atoms with van der Waals surface area (Å²) in [7, 11) is 3.50. The van der Waals surface area contributed by atoms with Crippen LogP contribution in [0.5, 0.6) is 0 Å². The van der Waals surface area contributed by atoms with Crippen molar-refractivity contribution < 1.29 is 0 Å². The van der Waals surface area contributed by atoms with Crippen LogP contribution in [0.1, 0.15) is 5.56 Å². The molecule has 0 atom stereocenters. The van der Waals surface area contributed by atoms with Crippen LogP contribution in [0.15, 0.2) is 46.2 Å². The number of fused-ring (bicyclic) bond motifs is 1. The first kappa shape index (κ1) is 14.9. The normalized spacial score (nSPS) is 11.6. The Bertz CT molecular complexity index is 954. The molecule has 112 valence electrons. The highest BCUT2D eigenvalue weighted by Gasteiger charge is 2.07. The van der Waals surface area contributed by atoms with Gasteiger partial charge in [0.2, 0.25) is 0 Å². The molecule has 22 heavy (non-hydrogen) atoms. The van der Waals surface area contributed by atoms with Gasteiger partial charge < -0.3 is 0 Å². The van der Waals surface area contributed by atoms with Crippen LogP contribution < -0.4 is 5.69 Å². The second-order valence-corrected chi connectivity index (χ2v) is 5.84. The molecule has 4 nitrogen and oxygen atoms in total. The van der Waals surface area contributed by atoms with Crippen molar-refractivity contribution in [2.24, 2.45) is 19.1 Å². The van der Waals surface area contributed by atoms with Gasteiger partial charge in [-0.05, 0) is 30.3 Å². The molecule has 1 heterocycles. The molecule has 0 amide bonds. The fourth-order valence-corrected chi connectivity index (χ4v) is 2.78. The summed E-state index contributed by atoms with van der Waals surface area (Å²) in [6.45, 7) is 0. The molecule has 0 saturated heterocycles. The first-order chi connectivity index (χ1) is 10.5. The van der Waals surface area contributed by atoms with Crippen molar-refractivity contribution in [1.82, 2.24) is 9.13 Å². The number of hydrogen-bond donors (Lipinski definition) is 0. The Balaban J connectivity index is 2.02. The van der Waals surface area contributed by atoms with Crippen LogP contribution in [0.3, 0.4) is 0 Å². The van der Waals surface area contributed by atoms with Gasteiger partial charge in [0, 0.05) is 30.9 Å². The van der Waals surface area contributed by atoms with Crippen LogP contribution >= 0.6 is 23.2 Å². The summed E-state index contributed by atoms with van der Waals surface area (Å²) in [4.78, 5) is 16.3. The number of aryl methyl sites for hydroxylation is 2. The monoisotopic (exact) mass is 333 g/mol. The minimum Gasteiger partial charge on any atom is -0.295 e. The lowest BCUT2D eigenvalue weighted by Crippen LogP contribution is -2.19. The minimum absolute atomic E-state index is 0.0584. The van der Waals surface area contributed by atoms with Gasteiger partial charge in [0.15, 0.2) is 0 Å². The van der Waals surface area contributed by atoms with Gasteiger partial charge in [-0.3, -0.25) is 14.1 Å². The fourth-order valence-electron chi connectivity index (χ4n) is 2.33. The molecule has 0 aliphatic carbocycles. The molecule has 0 N–H and O–H groups in total. The molecule has 0 aliphatic heterocycles. The van der Waals surface area contributed by atoms with E-state index in [9.17, 15) is 4.79 Å². The standard InChI is InChI=1S/C16H13Cl2N3O/c1-20-14-6-5-12(8-15(14)21(2)16(20)22)19-9-10-3-4-11(17)7-13(10)18/h3-9H,1-2H3. The maximum atomic E-state index is 11.9. The number of imidazole rings is 1. The number of benzene rings is 2. The summed E-state index contributed by atoms with van der Waals surface area (Å²) in [5, 5.41) is 1.13. The summed E-state index contributed by atoms with van der Waals surface area (Å²) >= 11 is 12.0. The zero-order chi connectivity index (χ0) is 15.9. The largest absolute Gasteiger partial charge is 0.328 e. The Kier molecular flexibility index (Phi) is 3.81. The molecule has 2 aromatic carbocycles. The molecule has 6 heteroatoms. The number of halogens is 2. The van der Waals surface area contributed by atoms with Crippen LogP contribution in [0.25, 0.3) is 11.0 Å². The maximum Gasteiger partial charge on any atom is 0.328 e. The van der Waals surface area contributed by atoms with Crippen molar-refractivity contribution in [3.63, 3.8) is 0 Å². The first-order valence-electron chi connectivity index (χ1n) is 6.62. The van der Waals surface area contributed by atoms with Gasteiger partial charge in [0.25, 0.3) is 0 Å². The summed E-state index contributed by atoms with van der Waals surface area (Å²) in [6.07, 6.45) is 1.68. The predicted molar refractivity (Wildman–Crippen MR) is 91.9 cm³/mol. The molecule has 0 saturated carbocycles. The van der Waals surface area contributed by atoms with E-state index in [-0.39, 0.29) is 5.69 Å². The van der Waals surface area contributed by atoms with E-state index in [1.807, 2.05) is 24.3 Å². The molecule has 0 unspecified atom stereocenters. The van der Waals surface area contributed by atoms with E-state index in [0.717, 1.165) is 22.3 Å². The van der Waals surface area contributed by atoms with Crippen LogP contribution in [0.2, 0.25) is 10.0 Å². The molecule has 0 fully saturated rings. The number of aromatic nitrogens is 2. The van der Waals surface area contributed by atoms with Crippen LogP contribution in [0, 0.1) is 0 Å². The van der Waals surface area contributed by atoms with Crippen molar-refractivity contribution >= 4 is 46.1 Å². The van der Waals surface area contributed by atoms with Crippen molar-refractivity contribution in [3.8, 4) is 0 Å². The molecule has 3 rings (SSSR count). The molecule has 0 spiro atoms. The Morgan fingerprint density at radius 2 is 1.73 bits per heavy atom. The smallest absolute Gasteiger partial charge is 0.295 e. The Morgan fingerprint density at radius 1 is 1.00 bits per heavy atom. The van der Waals surface area contributed by atoms with Crippen molar-refractivity contribution in [1.29, 1.82) is 0 Å². The Labute approximate surface area is 137 Å². The van der Waals surface area contributed by atoms with Crippen LogP contribution in [-0.2, 0) is 14.1 Å². The van der Waals surface area contributed by atoms with Gasteiger partial charge in [-0.1, -0.05) is 29.3 Å². The second kappa shape index (κ2) is 5.63. The number of rotatable bonds is 2. The van der Waals surface area contributed by atoms with Gasteiger partial charge in [0.05, 0.1) is 21.7 Å². The second-order valence-electron chi connectivity index (χ2n) is 5.00. The van der Waals surface area contributed by atoms with Crippen molar-refractivity contribution in [2.75, 3.05) is 0 Å². The topological polar surface area (TPSA) is 39.3 Å². The van der Waals surface area contributed by atoms with Gasteiger partial charge >= 0.3 is 5.69 Å².